The molecule has 0 aliphatic carbocycles. The predicted molar refractivity (Wildman–Crippen MR) is 120 cm³/mol. The van der Waals surface area contributed by atoms with Crippen molar-refractivity contribution in [1.29, 1.82) is 0 Å². The number of phosphoric ester groups is 1. The third-order valence-electron chi connectivity index (χ3n) is 4.40. The predicted octanol–water partition coefficient (Wildman–Crippen LogP) is 1.68. The zero-order valence-corrected chi connectivity index (χ0v) is 20.2. The summed E-state index contributed by atoms with van der Waals surface area (Å²) in [4.78, 5) is 18.3. The van der Waals surface area contributed by atoms with Crippen LogP contribution in [0.5, 0.6) is 0 Å². The van der Waals surface area contributed by atoms with Gasteiger partial charge in [0.05, 0.1) is 30.2 Å². The summed E-state index contributed by atoms with van der Waals surface area (Å²) in [6.45, 7) is -0.232. The molecule has 0 saturated carbocycles. The van der Waals surface area contributed by atoms with Gasteiger partial charge >= 0.3 is 16.1 Å². The van der Waals surface area contributed by atoms with Crippen LogP contribution in [0, 0.1) is 11.8 Å². The molecule has 2 aromatic heterocycles. The Morgan fingerprint density at radius 2 is 2.34 bits per heavy atom. The number of nitrogens with zero attached hydrogens (tertiary/aromatic N) is 2. The van der Waals surface area contributed by atoms with Crippen molar-refractivity contribution in [3.05, 3.63) is 11.8 Å². The summed E-state index contributed by atoms with van der Waals surface area (Å²) < 4.78 is 45.0. The van der Waals surface area contributed by atoms with E-state index in [0.717, 1.165) is 0 Å². The minimum atomic E-state index is -4.74. The Hall–Kier alpha value is -1.14. The van der Waals surface area contributed by atoms with Crippen molar-refractivity contribution in [3.8, 4) is 11.8 Å². The van der Waals surface area contributed by atoms with Crippen LogP contribution in [0.3, 0.4) is 0 Å². The first kappa shape index (κ1) is 25.5. The molecule has 13 nitrogen and oxygen atoms in total. The average molecular weight is 526 g/mol. The van der Waals surface area contributed by atoms with Gasteiger partial charge in [-0.15, -0.1) is 4.89 Å². The second-order valence-electron chi connectivity index (χ2n) is 6.35. The zero-order valence-electron chi connectivity index (χ0n) is 16.7. The summed E-state index contributed by atoms with van der Waals surface area (Å²) in [5, 5.41) is 7.57. The van der Waals surface area contributed by atoms with Gasteiger partial charge in [-0.25, -0.2) is 4.57 Å². The third kappa shape index (κ3) is 6.25. The fourth-order valence-electron chi connectivity index (χ4n) is 3.16. The molecule has 3 heterocycles. The Balaban J connectivity index is 1.82. The molecule has 1 fully saturated rings. The third-order valence-corrected chi connectivity index (χ3v) is 7.72. The van der Waals surface area contributed by atoms with Crippen LogP contribution in [0.1, 0.15) is 18.2 Å². The van der Waals surface area contributed by atoms with Gasteiger partial charge in [0.25, 0.3) is 0 Å². The monoisotopic (exact) mass is 526 g/mol. The van der Waals surface area contributed by atoms with Crippen LogP contribution >= 0.6 is 37.7 Å². The number of hydrogen-bond acceptors (Lipinski definition) is 11. The number of aromatic nitrogens is 3. The molecular formula is C15H22N5O8P2S2+. The maximum Gasteiger partial charge on any atom is 0.705 e. The second kappa shape index (κ2) is 11.3. The molecule has 1 aliphatic rings. The van der Waals surface area contributed by atoms with Crippen molar-refractivity contribution in [1.82, 2.24) is 14.8 Å². The summed E-state index contributed by atoms with van der Waals surface area (Å²) in [5.41, 5.74) is 12.6. The molecule has 0 aromatic carbocycles. The van der Waals surface area contributed by atoms with Gasteiger partial charge in [-0.3, -0.25) is 14.5 Å². The fraction of sp³-hybridized carbons (Fsp3) is 0.533. The smallest absolute Gasteiger partial charge is 0.383 e. The topological polar surface area (TPSA) is 197 Å². The first-order chi connectivity index (χ1) is 15.3. The highest BCUT2D eigenvalue weighted by atomic mass is 33.1. The van der Waals surface area contributed by atoms with E-state index in [0.29, 0.717) is 34.8 Å². The SMILES string of the molecule is CSSCOC1C[C@H](n2cc(C#CCN)c3c(N)[nH]nc32)OC1COP(=O)(O)O[P+](=O)O. The molecule has 4 unspecified atom stereocenters. The number of ether oxygens (including phenoxy) is 2. The number of phosphoric acid groups is 1. The highest BCUT2D eigenvalue weighted by Gasteiger charge is 2.42. The van der Waals surface area contributed by atoms with Gasteiger partial charge in [0, 0.05) is 17.2 Å². The number of nitrogen functional groups attached to an aromatic ring is 1. The quantitative estimate of drug-likeness (QED) is 0.0986. The number of nitrogens with one attached hydrogen (secondary N) is 1. The molecule has 0 radical (unpaired) electrons. The Kier molecular flexibility index (Phi) is 9.02. The number of anilines is 1. The van der Waals surface area contributed by atoms with E-state index in [1.54, 1.807) is 10.8 Å². The number of H-pyrrole nitrogens is 1. The molecule has 17 heteroatoms. The lowest BCUT2D eigenvalue weighted by atomic mass is 10.2. The van der Waals surface area contributed by atoms with Crippen molar-refractivity contribution in [2.45, 2.75) is 24.9 Å². The van der Waals surface area contributed by atoms with Gasteiger partial charge in [-0.2, -0.15) is 5.10 Å². The normalized spacial score (nSPS) is 23.1. The molecule has 3 rings (SSSR count). The lowest BCUT2D eigenvalue weighted by molar-refractivity contribution is -0.0518. The van der Waals surface area contributed by atoms with Gasteiger partial charge in [-0.05, 0) is 10.6 Å². The highest BCUT2D eigenvalue weighted by molar-refractivity contribution is 8.76. The number of nitrogens with two attached hydrogens (primary N) is 2. The zero-order chi connectivity index (χ0) is 23.3. The van der Waals surface area contributed by atoms with Crippen molar-refractivity contribution in [2.24, 2.45) is 5.73 Å². The Labute approximate surface area is 191 Å². The van der Waals surface area contributed by atoms with Crippen molar-refractivity contribution < 1.29 is 37.2 Å². The number of fused-ring (bicyclic) bond motifs is 1. The van der Waals surface area contributed by atoms with Crippen LogP contribution < -0.4 is 11.5 Å². The van der Waals surface area contributed by atoms with Gasteiger partial charge in [0.1, 0.15) is 24.1 Å². The molecule has 1 saturated heterocycles. The van der Waals surface area contributed by atoms with Crippen LogP contribution in [0.25, 0.3) is 11.0 Å². The van der Waals surface area contributed by atoms with E-state index < -0.39 is 41.1 Å². The number of hydrogen-bond donors (Lipinski definition) is 5. The highest BCUT2D eigenvalue weighted by Crippen LogP contribution is 2.51. The molecule has 176 valence electrons. The number of rotatable bonds is 10. The second-order valence-corrected chi connectivity index (χ2v) is 11.2. The summed E-state index contributed by atoms with van der Waals surface area (Å²) in [7, 11) is -5.07. The molecule has 32 heavy (non-hydrogen) atoms. The molecule has 7 N–H and O–H groups in total. The van der Waals surface area contributed by atoms with E-state index in [9.17, 15) is 14.0 Å². The summed E-state index contributed by atoms with van der Waals surface area (Å²) >= 11 is 0. The van der Waals surface area contributed by atoms with E-state index in [1.165, 1.54) is 21.6 Å². The average Bonchev–Trinajstić information content (AvgIpc) is 3.40. The standard InChI is InChI=1S/C15H21N5O8P2S2/c1-31-32-8-25-10-5-12(27-11(10)7-26-30(23,24)28-29(21)22)20-6-9(3-2-4-16)13-14(17)18-19-15(13)20/h6,10-12H,4-5,7-8,16H2,1H3,(H4-,17,18,19,21,22,23,24)/p+1/t10?,11?,12-/m1/s1. The largest absolute Gasteiger partial charge is 0.705 e. The Morgan fingerprint density at radius 3 is 3.03 bits per heavy atom. The van der Waals surface area contributed by atoms with E-state index in [2.05, 4.69) is 26.3 Å². The van der Waals surface area contributed by atoms with Crippen LogP contribution in [-0.4, -0.2) is 62.1 Å². The van der Waals surface area contributed by atoms with E-state index in [-0.39, 0.29) is 6.54 Å². The molecule has 1 aliphatic heterocycles. The van der Waals surface area contributed by atoms with Crippen LogP contribution in [-0.2, 0) is 27.4 Å². The van der Waals surface area contributed by atoms with E-state index in [1.807, 2.05) is 6.26 Å². The fourth-order valence-corrected chi connectivity index (χ4v) is 5.17. The van der Waals surface area contributed by atoms with E-state index in [4.69, 9.17) is 30.4 Å². The Morgan fingerprint density at radius 1 is 1.56 bits per heavy atom. The first-order valence-corrected chi connectivity index (χ1v) is 14.4. The maximum atomic E-state index is 11.8. The summed E-state index contributed by atoms with van der Waals surface area (Å²) in [6.07, 6.45) is 2.17. The molecule has 0 spiro atoms. The van der Waals surface area contributed by atoms with Gasteiger partial charge in [0.15, 0.2) is 5.65 Å². The molecule has 2 aromatic rings. The van der Waals surface area contributed by atoms with Crippen LogP contribution in [0.15, 0.2) is 6.20 Å². The van der Waals surface area contributed by atoms with Gasteiger partial charge in [-0.1, -0.05) is 33.4 Å². The molecule has 0 amide bonds. The molecular weight excluding hydrogens is 504 g/mol. The van der Waals surface area contributed by atoms with Crippen molar-refractivity contribution in [2.75, 3.05) is 31.1 Å². The maximum absolute atomic E-state index is 11.8. The minimum Gasteiger partial charge on any atom is -0.383 e. The molecule has 5 atom stereocenters. The van der Waals surface area contributed by atoms with E-state index >= 15 is 0 Å². The lowest BCUT2D eigenvalue weighted by Gasteiger charge is -2.18. The molecule has 0 bridgehead atoms. The van der Waals surface area contributed by atoms with Gasteiger partial charge in [0.2, 0.25) is 0 Å². The first-order valence-electron chi connectivity index (χ1n) is 9.05. The lowest BCUT2D eigenvalue weighted by Crippen LogP contribution is -2.28. The number of aromatic amines is 1. The van der Waals surface area contributed by atoms with Crippen molar-refractivity contribution in [3.63, 3.8) is 0 Å². The Bertz CT molecular complexity index is 1070. The summed E-state index contributed by atoms with van der Waals surface area (Å²) in [5.74, 6) is 6.43. The van der Waals surface area contributed by atoms with Gasteiger partial charge < -0.3 is 25.5 Å². The summed E-state index contributed by atoms with van der Waals surface area (Å²) in [6, 6.07) is 0. The van der Waals surface area contributed by atoms with Crippen molar-refractivity contribution >= 4 is 54.5 Å². The van der Waals surface area contributed by atoms with Crippen LogP contribution in [0.4, 0.5) is 5.82 Å². The minimum absolute atomic E-state index is 0.176. The van der Waals surface area contributed by atoms with Crippen LogP contribution in [0.2, 0.25) is 0 Å².